The van der Waals surface area contributed by atoms with Crippen LogP contribution in [-0.2, 0) is 6.61 Å². The van der Waals surface area contributed by atoms with Crippen molar-refractivity contribution in [1.82, 2.24) is 0 Å². The average molecular weight is 374 g/mol. The number of hydrogen-bond acceptors (Lipinski definition) is 3. The minimum absolute atomic E-state index is 0.0249. The molecule has 0 aliphatic carbocycles. The van der Waals surface area contributed by atoms with E-state index in [0.717, 1.165) is 47.1 Å². The number of rotatable bonds is 7. The molecular formula is C25H26O3. The minimum atomic E-state index is 0.0249. The molecule has 3 aromatic rings. The van der Waals surface area contributed by atoms with E-state index in [4.69, 9.17) is 0 Å². The van der Waals surface area contributed by atoms with Crippen molar-refractivity contribution in [2.45, 2.75) is 32.8 Å². The van der Waals surface area contributed by atoms with Crippen LogP contribution in [0.3, 0.4) is 0 Å². The summed E-state index contributed by atoms with van der Waals surface area (Å²) in [5.41, 5.74) is 6.32. The van der Waals surface area contributed by atoms with E-state index >= 15 is 0 Å². The second-order valence-corrected chi connectivity index (χ2v) is 6.91. The summed E-state index contributed by atoms with van der Waals surface area (Å²) in [6.07, 6.45) is 3.04. The molecule has 0 fully saturated rings. The number of aromatic hydroxyl groups is 2. The Balaban J connectivity index is 2.23. The van der Waals surface area contributed by atoms with Gasteiger partial charge in [-0.25, -0.2) is 0 Å². The van der Waals surface area contributed by atoms with Crippen LogP contribution in [0.25, 0.3) is 11.1 Å². The topological polar surface area (TPSA) is 60.7 Å². The molecule has 0 aromatic heterocycles. The van der Waals surface area contributed by atoms with E-state index in [1.807, 2.05) is 36.4 Å². The zero-order chi connectivity index (χ0) is 19.9. The molecule has 0 saturated heterocycles. The lowest BCUT2D eigenvalue weighted by atomic mass is 9.86. The molecule has 28 heavy (non-hydrogen) atoms. The van der Waals surface area contributed by atoms with Gasteiger partial charge in [-0.05, 0) is 70.5 Å². The molecule has 0 aliphatic rings. The molecule has 3 rings (SSSR count). The number of aliphatic hydroxyl groups excluding tert-OH is 1. The zero-order valence-electron chi connectivity index (χ0n) is 16.1. The zero-order valence-corrected chi connectivity index (χ0v) is 16.1. The number of hydrogen-bond donors (Lipinski definition) is 3. The fourth-order valence-corrected chi connectivity index (χ4v) is 3.35. The van der Waals surface area contributed by atoms with E-state index in [9.17, 15) is 15.3 Å². The van der Waals surface area contributed by atoms with Gasteiger partial charge in [0.25, 0.3) is 0 Å². The fourth-order valence-electron chi connectivity index (χ4n) is 3.35. The van der Waals surface area contributed by atoms with Crippen molar-refractivity contribution in [3.63, 3.8) is 0 Å². The van der Waals surface area contributed by atoms with E-state index in [1.165, 1.54) is 5.57 Å². The number of phenols is 2. The Labute approximate surface area is 166 Å². The lowest BCUT2D eigenvalue weighted by Crippen LogP contribution is -1.96. The summed E-state index contributed by atoms with van der Waals surface area (Å²) in [6.45, 7) is 2.20. The van der Waals surface area contributed by atoms with Gasteiger partial charge in [0, 0.05) is 0 Å². The highest BCUT2D eigenvalue weighted by atomic mass is 16.3. The summed E-state index contributed by atoms with van der Waals surface area (Å²) in [4.78, 5) is 0. The molecule has 0 aliphatic heterocycles. The van der Waals surface area contributed by atoms with Gasteiger partial charge in [-0.1, -0.05) is 61.9 Å². The molecule has 144 valence electrons. The quantitative estimate of drug-likeness (QED) is 0.462. The summed E-state index contributed by atoms with van der Waals surface area (Å²) >= 11 is 0. The Morgan fingerprint density at radius 1 is 0.679 bits per heavy atom. The summed E-state index contributed by atoms with van der Waals surface area (Å²) in [7, 11) is 0. The number of aliphatic hydroxyl groups is 1. The van der Waals surface area contributed by atoms with Crippen LogP contribution in [0, 0.1) is 0 Å². The van der Waals surface area contributed by atoms with Crippen molar-refractivity contribution in [3.05, 3.63) is 95.1 Å². The first-order valence-corrected chi connectivity index (χ1v) is 9.64. The van der Waals surface area contributed by atoms with Gasteiger partial charge in [0.1, 0.15) is 11.5 Å². The Hall–Kier alpha value is -3.04. The maximum Gasteiger partial charge on any atom is 0.115 e. The molecule has 0 spiro atoms. The third-order valence-electron chi connectivity index (χ3n) is 4.88. The van der Waals surface area contributed by atoms with Crippen LogP contribution in [0.5, 0.6) is 11.5 Å². The van der Waals surface area contributed by atoms with Gasteiger partial charge in [0.2, 0.25) is 0 Å². The van der Waals surface area contributed by atoms with E-state index in [2.05, 4.69) is 19.1 Å². The molecule has 3 N–H and O–H groups in total. The summed E-state index contributed by atoms with van der Waals surface area (Å²) in [5, 5.41) is 28.8. The Bertz CT molecular complexity index is 874. The fraction of sp³-hybridized carbons (Fsp3) is 0.200. The molecule has 0 radical (unpaired) electrons. The first kappa shape index (κ1) is 19.7. The monoisotopic (exact) mass is 374 g/mol. The lowest BCUT2D eigenvalue weighted by molar-refractivity contribution is 0.282. The maximum absolute atomic E-state index is 9.73. The lowest BCUT2D eigenvalue weighted by Gasteiger charge is -2.18. The standard InChI is InChI=1S/C25H26O3/c1-2-3-4-24(19-7-5-18(17-26)6-8-19)25(20-9-13-22(27)14-10-20)21-11-15-23(28)16-12-21/h5-16,26-28H,2-4,17H2,1H3. The Morgan fingerprint density at radius 3 is 1.57 bits per heavy atom. The van der Waals surface area contributed by atoms with Gasteiger partial charge in [-0.15, -0.1) is 0 Å². The molecule has 3 nitrogen and oxygen atoms in total. The third-order valence-corrected chi connectivity index (χ3v) is 4.88. The Kier molecular flexibility index (Phi) is 6.51. The van der Waals surface area contributed by atoms with Crippen molar-refractivity contribution in [2.24, 2.45) is 0 Å². The highest BCUT2D eigenvalue weighted by Crippen LogP contribution is 2.36. The van der Waals surface area contributed by atoms with Crippen LogP contribution in [0.15, 0.2) is 72.8 Å². The molecule has 3 aromatic carbocycles. The molecule has 0 unspecified atom stereocenters. The van der Waals surface area contributed by atoms with Crippen LogP contribution >= 0.6 is 0 Å². The molecular weight excluding hydrogens is 348 g/mol. The average Bonchev–Trinajstić information content (AvgIpc) is 2.73. The minimum Gasteiger partial charge on any atom is -0.508 e. The smallest absolute Gasteiger partial charge is 0.115 e. The van der Waals surface area contributed by atoms with Gasteiger partial charge in [0.15, 0.2) is 0 Å². The normalized spacial score (nSPS) is 10.6. The Morgan fingerprint density at radius 2 is 1.14 bits per heavy atom. The second-order valence-electron chi connectivity index (χ2n) is 6.91. The summed E-state index contributed by atoms with van der Waals surface area (Å²) in [6, 6.07) is 22.5. The summed E-state index contributed by atoms with van der Waals surface area (Å²) in [5.74, 6) is 0.465. The SMILES string of the molecule is CCCCC(=C(c1ccc(O)cc1)c1ccc(O)cc1)c1ccc(CO)cc1. The van der Waals surface area contributed by atoms with Crippen LogP contribution in [0.4, 0.5) is 0 Å². The van der Waals surface area contributed by atoms with Crippen molar-refractivity contribution >= 4 is 11.1 Å². The van der Waals surface area contributed by atoms with E-state index in [1.54, 1.807) is 24.3 Å². The van der Waals surface area contributed by atoms with Crippen LogP contribution in [0.1, 0.15) is 48.4 Å². The van der Waals surface area contributed by atoms with Crippen LogP contribution in [0.2, 0.25) is 0 Å². The van der Waals surface area contributed by atoms with Gasteiger partial charge >= 0.3 is 0 Å². The number of unbranched alkanes of at least 4 members (excludes halogenated alkanes) is 1. The second kappa shape index (κ2) is 9.25. The molecule has 0 saturated carbocycles. The van der Waals surface area contributed by atoms with Gasteiger partial charge in [-0.3, -0.25) is 0 Å². The highest BCUT2D eigenvalue weighted by Gasteiger charge is 2.14. The van der Waals surface area contributed by atoms with Gasteiger partial charge in [0.05, 0.1) is 6.61 Å². The molecule has 0 atom stereocenters. The first-order valence-electron chi connectivity index (χ1n) is 9.64. The molecule has 0 bridgehead atoms. The molecule has 3 heteroatoms. The van der Waals surface area contributed by atoms with E-state index < -0.39 is 0 Å². The van der Waals surface area contributed by atoms with Crippen LogP contribution < -0.4 is 0 Å². The van der Waals surface area contributed by atoms with Crippen molar-refractivity contribution in [3.8, 4) is 11.5 Å². The predicted octanol–water partition coefficient (Wildman–Crippen LogP) is 5.74. The van der Waals surface area contributed by atoms with Crippen molar-refractivity contribution in [2.75, 3.05) is 0 Å². The summed E-state index contributed by atoms with van der Waals surface area (Å²) < 4.78 is 0. The highest BCUT2D eigenvalue weighted by molar-refractivity contribution is 5.98. The molecule has 0 amide bonds. The van der Waals surface area contributed by atoms with Gasteiger partial charge < -0.3 is 15.3 Å². The number of benzene rings is 3. The van der Waals surface area contributed by atoms with Crippen molar-refractivity contribution < 1.29 is 15.3 Å². The number of allylic oxidation sites excluding steroid dienone is 1. The first-order chi connectivity index (χ1) is 13.6. The maximum atomic E-state index is 9.73. The third kappa shape index (κ3) is 4.62. The van der Waals surface area contributed by atoms with E-state index in [0.29, 0.717) is 0 Å². The van der Waals surface area contributed by atoms with E-state index in [-0.39, 0.29) is 18.1 Å². The predicted molar refractivity (Wildman–Crippen MR) is 114 cm³/mol. The molecule has 0 heterocycles. The van der Waals surface area contributed by atoms with Gasteiger partial charge in [-0.2, -0.15) is 0 Å². The van der Waals surface area contributed by atoms with Crippen molar-refractivity contribution in [1.29, 1.82) is 0 Å². The number of phenolic OH excluding ortho intramolecular Hbond substituents is 2. The largest absolute Gasteiger partial charge is 0.508 e. The van der Waals surface area contributed by atoms with Crippen LogP contribution in [-0.4, -0.2) is 15.3 Å².